The van der Waals surface area contributed by atoms with Crippen molar-refractivity contribution in [2.45, 2.75) is 12.7 Å². The molecule has 0 saturated heterocycles. The number of nitrogens with one attached hydrogen (secondary N) is 2. The largest absolute Gasteiger partial charge is 0.505 e. The fraction of sp³-hybridized carbons (Fsp3) is 0.133. The molecule has 2 aromatic rings. The molecule has 0 aromatic heterocycles. The van der Waals surface area contributed by atoms with Gasteiger partial charge in [-0.25, -0.2) is 4.79 Å². The summed E-state index contributed by atoms with van der Waals surface area (Å²) in [7, 11) is 0. The van der Waals surface area contributed by atoms with E-state index < -0.39 is 23.5 Å². The van der Waals surface area contributed by atoms with Crippen LogP contribution >= 0.6 is 0 Å². The van der Waals surface area contributed by atoms with Crippen molar-refractivity contribution >= 4 is 11.7 Å². The first-order valence-corrected chi connectivity index (χ1v) is 6.36. The highest BCUT2D eigenvalue weighted by atomic mass is 19.4. The molecule has 0 aliphatic heterocycles. The first-order chi connectivity index (χ1) is 10.4. The van der Waals surface area contributed by atoms with Crippen molar-refractivity contribution < 1.29 is 23.1 Å². The Balaban J connectivity index is 2.03. The van der Waals surface area contributed by atoms with Crippen LogP contribution in [0.5, 0.6) is 5.75 Å². The van der Waals surface area contributed by atoms with Gasteiger partial charge in [-0.2, -0.15) is 13.2 Å². The van der Waals surface area contributed by atoms with Gasteiger partial charge in [0.15, 0.2) is 5.75 Å². The number of rotatable bonds is 3. The van der Waals surface area contributed by atoms with Gasteiger partial charge in [-0.3, -0.25) is 0 Å². The minimum atomic E-state index is -4.69. The van der Waals surface area contributed by atoms with Crippen LogP contribution in [0.15, 0.2) is 48.5 Å². The lowest BCUT2D eigenvalue weighted by Crippen LogP contribution is -2.28. The van der Waals surface area contributed by atoms with Crippen LogP contribution in [0.1, 0.15) is 11.1 Å². The van der Waals surface area contributed by atoms with Crippen LogP contribution in [0.4, 0.5) is 23.7 Å². The van der Waals surface area contributed by atoms with E-state index in [0.717, 1.165) is 17.7 Å². The molecule has 0 bridgehead atoms. The molecule has 7 heteroatoms. The smallest absolute Gasteiger partial charge is 0.420 e. The van der Waals surface area contributed by atoms with Gasteiger partial charge in [-0.05, 0) is 17.7 Å². The fourth-order valence-electron chi connectivity index (χ4n) is 1.82. The highest BCUT2D eigenvalue weighted by Gasteiger charge is 2.34. The molecular weight excluding hydrogens is 297 g/mol. The van der Waals surface area contributed by atoms with E-state index in [1.807, 2.05) is 6.07 Å². The summed E-state index contributed by atoms with van der Waals surface area (Å²) in [5.41, 5.74) is -0.667. The van der Waals surface area contributed by atoms with Crippen LogP contribution < -0.4 is 10.6 Å². The normalized spacial score (nSPS) is 11.0. The summed E-state index contributed by atoms with van der Waals surface area (Å²) in [6.07, 6.45) is -4.69. The number of halogens is 3. The summed E-state index contributed by atoms with van der Waals surface area (Å²) in [6, 6.07) is 11.3. The summed E-state index contributed by atoms with van der Waals surface area (Å²) < 4.78 is 37.9. The second-order valence-corrected chi connectivity index (χ2v) is 4.49. The van der Waals surface area contributed by atoms with Crippen molar-refractivity contribution in [3.63, 3.8) is 0 Å². The quantitative estimate of drug-likeness (QED) is 0.756. The van der Waals surface area contributed by atoms with Gasteiger partial charge in [-0.15, -0.1) is 0 Å². The second-order valence-electron chi connectivity index (χ2n) is 4.49. The molecular formula is C15H13F3N2O2. The molecule has 2 amide bonds. The average molecular weight is 310 g/mol. The molecule has 4 nitrogen and oxygen atoms in total. The zero-order valence-electron chi connectivity index (χ0n) is 11.3. The van der Waals surface area contributed by atoms with E-state index in [0.29, 0.717) is 0 Å². The van der Waals surface area contributed by atoms with Crippen LogP contribution in [0.25, 0.3) is 0 Å². The van der Waals surface area contributed by atoms with Crippen LogP contribution in [-0.2, 0) is 12.7 Å². The number of alkyl halides is 3. The standard InChI is InChI=1S/C15H13F3N2O2/c16-15(17,18)11-7-4-8-12(13(11)21)20-14(22)19-9-10-5-2-1-3-6-10/h1-8,21H,9H2,(H2,19,20,22). The van der Waals surface area contributed by atoms with E-state index in [2.05, 4.69) is 10.6 Å². The van der Waals surface area contributed by atoms with E-state index in [1.165, 1.54) is 6.07 Å². The Morgan fingerprint density at radius 3 is 2.36 bits per heavy atom. The SMILES string of the molecule is O=C(NCc1ccccc1)Nc1cccc(C(F)(F)F)c1O. The van der Waals surface area contributed by atoms with E-state index in [1.54, 1.807) is 24.3 Å². The van der Waals surface area contributed by atoms with Crippen molar-refractivity contribution in [3.05, 3.63) is 59.7 Å². The Morgan fingerprint density at radius 1 is 1.05 bits per heavy atom. The second kappa shape index (κ2) is 6.38. The van der Waals surface area contributed by atoms with Gasteiger partial charge >= 0.3 is 12.2 Å². The van der Waals surface area contributed by atoms with Gasteiger partial charge in [0.25, 0.3) is 0 Å². The van der Waals surface area contributed by atoms with Crippen molar-refractivity contribution in [3.8, 4) is 5.75 Å². The van der Waals surface area contributed by atoms with Crippen molar-refractivity contribution in [1.29, 1.82) is 0 Å². The third-order valence-electron chi connectivity index (χ3n) is 2.89. The maximum absolute atomic E-state index is 12.6. The Morgan fingerprint density at radius 2 is 1.73 bits per heavy atom. The van der Waals surface area contributed by atoms with Gasteiger partial charge < -0.3 is 15.7 Å². The number of phenolic OH excluding ortho intramolecular Hbond substituents is 1. The van der Waals surface area contributed by atoms with Crippen molar-refractivity contribution in [1.82, 2.24) is 5.32 Å². The third-order valence-corrected chi connectivity index (χ3v) is 2.89. The Hall–Kier alpha value is -2.70. The first kappa shape index (κ1) is 15.7. The number of benzene rings is 2. The summed E-state index contributed by atoms with van der Waals surface area (Å²) in [5.74, 6) is -1.01. The number of carbonyl (C=O) groups excluding carboxylic acids is 1. The number of anilines is 1. The van der Waals surface area contributed by atoms with Gasteiger partial charge in [0.2, 0.25) is 0 Å². The maximum Gasteiger partial charge on any atom is 0.420 e. The number of phenols is 1. The van der Waals surface area contributed by atoms with E-state index in [9.17, 15) is 23.1 Å². The first-order valence-electron chi connectivity index (χ1n) is 6.36. The summed E-state index contributed by atoms with van der Waals surface area (Å²) in [6.45, 7) is 0.215. The predicted octanol–water partition coefficient (Wildman–Crippen LogP) is 3.73. The van der Waals surface area contributed by atoms with Gasteiger partial charge in [-0.1, -0.05) is 36.4 Å². The zero-order valence-corrected chi connectivity index (χ0v) is 11.3. The fourth-order valence-corrected chi connectivity index (χ4v) is 1.82. The molecule has 0 aliphatic carbocycles. The van der Waals surface area contributed by atoms with Crippen LogP contribution in [0.2, 0.25) is 0 Å². The Labute approximate surface area is 124 Å². The molecule has 0 aliphatic rings. The van der Waals surface area contributed by atoms with Crippen molar-refractivity contribution in [2.24, 2.45) is 0 Å². The van der Waals surface area contributed by atoms with Gasteiger partial charge in [0, 0.05) is 6.54 Å². The minimum absolute atomic E-state index is 0.215. The number of aromatic hydroxyl groups is 1. The molecule has 2 aromatic carbocycles. The van der Waals surface area contributed by atoms with Crippen LogP contribution in [0, 0.1) is 0 Å². The summed E-state index contributed by atoms with van der Waals surface area (Å²) in [4.78, 5) is 11.7. The molecule has 0 saturated carbocycles. The number of urea groups is 1. The van der Waals surface area contributed by atoms with Crippen LogP contribution in [0.3, 0.4) is 0 Å². The summed E-state index contributed by atoms with van der Waals surface area (Å²) >= 11 is 0. The topological polar surface area (TPSA) is 61.4 Å². The molecule has 3 N–H and O–H groups in total. The van der Waals surface area contributed by atoms with Gasteiger partial charge in [0.05, 0.1) is 11.3 Å². The number of hydrogen-bond acceptors (Lipinski definition) is 2. The average Bonchev–Trinajstić information content (AvgIpc) is 2.47. The van der Waals surface area contributed by atoms with E-state index >= 15 is 0 Å². The molecule has 0 spiro atoms. The highest BCUT2D eigenvalue weighted by Crippen LogP contribution is 2.39. The third kappa shape index (κ3) is 3.91. The lowest BCUT2D eigenvalue weighted by Gasteiger charge is -2.13. The van der Waals surface area contributed by atoms with Crippen molar-refractivity contribution in [2.75, 3.05) is 5.32 Å². The number of para-hydroxylation sites is 1. The predicted molar refractivity (Wildman–Crippen MR) is 75.4 cm³/mol. The van der Waals surface area contributed by atoms with E-state index in [-0.39, 0.29) is 12.2 Å². The van der Waals surface area contributed by atoms with Gasteiger partial charge in [0.1, 0.15) is 0 Å². The minimum Gasteiger partial charge on any atom is -0.505 e. The lowest BCUT2D eigenvalue weighted by atomic mass is 10.1. The summed E-state index contributed by atoms with van der Waals surface area (Å²) in [5, 5.41) is 14.3. The maximum atomic E-state index is 12.6. The molecule has 116 valence electrons. The van der Waals surface area contributed by atoms with Crippen LogP contribution in [-0.4, -0.2) is 11.1 Å². The van der Waals surface area contributed by atoms with E-state index in [4.69, 9.17) is 0 Å². The Kier molecular flexibility index (Phi) is 4.55. The molecule has 0 radical (unpaired) electrons. The molecule has 22 heavy (non-hydrogen) atoms. The zero-order chi connectivity index (χ0) is 16.2. The highest BCUT2D eigenvalue weighted by molar-refractivity contribution is 5.91. The number of carbonyl (C=O) groups is 1. The molecule has 0 unspecified atom stereocenters. The molecule has 0 atom stereocenters. The monoisotopic (exact) mass is 310 g/mol. The Bertz CT molecular complexity index is 658. The number of hydrogen-bond donors (Lipinski definition) is 3. The molecule has 2 rings (SSSR count). The molecule has 0 fully saturated rings. The molecule has 0 heterocycles. The number of amides is 2. The lowest BCUT2D eigenvalue weighted by molar-refractivity contribution is -0.138.